The van der Waals surface area contributed by atoms with Crippen molar-refractivity contribution in [2.45, 2.75) is 25.2 Å². The third-order valence-electron chi connectivity index (χ3n) is 2.46. The largest absolute Gasteiger partial charge is 0.384 e. The summed E-state index contributed by atoms with van der Waals surface area (Å²) >= 11 is 7.83. The van der Waals surface area contributed by atoms with Gasteiger partial charge >= 0.3 is 0 Å². The Morgan fingerprint density at radius 2 is 2.25 bits per heavy atom. The summed E-state index contributed by atoms with van der Waals surface area (Å²) in [6.07, 6.45) is 1.19. The lowest BCUT2D eigenvalue weighted by Gasteiger charge is -2.09. The van der Waals surface area contributed by atoms with E-state index in [1.807, 2.05) is 18.2 Å². The molecule has 0 aliphatic heterocycles. The maximum absolute atomic E-state index is 7.33. The van der Waals surface area contributed by atoms with Crippen LogP contribution in [-0.2, 0) is 0 Å². The van der Waals surface area contributed by atoms with E-state index in [4.69, 9.17) is 22.7 Å². The molecule has 0 aliphatic carbocycles. The Morgan fingerprint density at radius 1 is 1.56 bits per heavy atom. The van der Waals surface area contributed by atoms with Crippen LogP contribution in [-0.4, -0.2) is 11.6 Å². The normalized spacial score (nSPS) is 12.4. The molecule has 88 valence electrons. The van der Waals surface area contributed by atoms with Crippen LogP contribution in [0.15, 0.2) is 23.1 Å². The van der Waals surface area contributed by atoms with Gasteiger partial charge in [-0.15, -0.1) is 11.8 Å². The van der Waals surface area contributed by atoms with Gasteiger partial charge in [0, 0.05) is 16.2 Å². The van der Waals surface area contributed by atoms with Gasteiger partial charge in [0.15, 0.2) is 0 Å². The number of nitrogens with one attached hydrogen (secondary N) is 1. The summed E-state index contributed by atoms with van der Waals surface area (Å²) in [4.78, 5) is 1.13. The topological polar surface area (TPSA) is 49.9 Å². The van der Waals surface area contributed by atoms with Gasteiger partial charge < -0.3 is 5.73 Å². The van der Waals surface area contributed by atoms with Gasteiger partial charge in [-0.05, 0) is 24.1 Å². The zero-order chi connectivity index (χ0) is 12.1. The van der Waals surface area contributed by atoms with Crippen LogP contribution < -0.4 is 5.73 Å². The molecule has 0 spiro atoms. The monoisotopic (exact) mass is 256 g/mol. The van der Waals surface area contributed by atoms with Gasteiger partial charge in [-0.2, -0.15) is 0 Å². The van der Waals surface area contributed by atoms with Crippen molar-refractivity contribution in [1.82, 2.24) is 0 Å². The highest BCUT2D eigenvalue weighted by atomic mass is 35.5. The molecule has 0 heterocycles. The van der Waals surface area contributed by atoms with Gasteiger partial charge in [0.2, 0.25) is 0 Å². The van der Waals surface area contributed by atoms with E-state index in [1.54, 1.807) is 11.8 Å². The van der Waals surface area contributed by atoms with E-state index in [0.29, 0.717) is 16.5 Å². The molecule has 0 aromatic heterocycles. The standard InChI is InChI=1S/C12H17ClN2S/c1-3-8(2)7-16-9-4-5-10(12(14)15)11(13)6-9/h4-6,8H,3,7H2,1-2H3,(H3,14,15). The van der Waals surface area contributed by atoms with Gasteiger partial charge in [-0.3, -0.25) is 5.41 Å². The minimum absolute atomic E-state index is 0.0171. The van der Waals surface area contributed by atoms with Crippen LogP contribution in [0.25, 0.3) is 0 Å². The van der Waals surface area contributed by atoms with Crippen molar-refractivity contribution in [2.24, 2.45) is 11.7 Å². The second kappa shape index (κ2) is 6.16. The molecule has 1 atom stereocenters. The van der Waals surface area contributed by atoms with E-state index in [1.165, 1.54) is 6.42 Å². The number of hydrogen-bond acceptors (Lipinski definition) is 2. The van der Waals surface area contributed by atoms with Gasteiger partial charge in [-0.1, -0.05) is 31.9 Å². The molecule has 4 heteroatoms. The first-order chi connectivity index (χ1) is 7.54. The Bertz CT molecular complexity index is 379. The Kier molecular flexibility index (Phi) is 5.16. The van der Waals surface area contributed by atoms with E-state index in [9.17, 15) is 0 Å². The summed E-state index contributed by atoms with van der Waals surface area (Å²) in [6, 6.07) is 5.66. The molecule has 0 saturated carbocycles. The number of rotatable bonds is 5. The quantitative estimate of drug-likeness (QED) is 0.479. The highest BCUT2D eigenvalue weighted by Gasteiger charge is 2.06. The summed E-state index contributed by atoms with van der Waals surface area (Å²) in [7, 11) is 0. The maximum Gasteiger partial charge on any atom is 0.124 e. The minimum atomic E-state index is 0.0171. The second-order valence-corrected chi connectivity index (χ2v) is 5.38. The van der Waals surface area contributed by atoms with E-state index in [0.717, 1.165) is 10.6 Å². The summed E-state index contributed by atoms with van der Waals surface area (Å²) in [5, 5.41) is 7.89. The van der Waals surface area contributed by atoms with Crippen molar-refractivity contribution in [3.63, 3.8) is 0 Å². The molecule has 3 N–H and O–H groups in total. The summed E-state index contributed by atoms with van der Waals surface area (Å²) in [6.45, 7) is 4.43. The molecule has 0 amide bonds. The number of thioether (sulfide) groups is 1. The Balaban J connectivity index is 2.70. The number of nitrogens with two attached hydrogens (primary N) is 1. The fourth-order valence-corrected chi connectivity index (χ4v) is 2.59. The minimum Gasteiger partial charge on any atom is -0.384 e. The second-order valence-electron chi connectivity index (χ2n) is 3.88. The van der Waals surface area contributed by atoms with Crippen LogP contribution in [0.5, 0.6) is 0 Å². The molecule has 0 aliphatic rings. The third-order valence-corrected chi connectivity index (χ3v) is 4.10. The Hall–Kier alpha value is -0.670. The molecule has 0 radical (unpaired) electrons. The van der Waals surface area contributed by atoms with Crippen LogP contribution in [0.4, 0.5) is 0 Å². The highest BCUT2D eigenvalue weighted by Crippen LogP contribution is 2.26. The van der Waals surface area contributed by atoms with Crippen molar-refractivity contribution >= 4 is 29.2 Å². The molecule has 1 unspecified atom stereocenters. The van der Waals surface area contributed by atoms with Gasteiger partial charge in [0.05, 0.1) is 5.02 Å². The lowest BCUT2D eigenvalue weighted by Crippen LogP contribution is -2.11. The number of benzene rings is 1. The number of hydrogen-bond donors (Lipinski definition) is 2. The molecular weight excluding hydrogens is 240 g/mol. The lowest BCUT2D eigenvalue weighted by atomic mass is 10.2. The zero-order valence-corrected chi connectivity index (χ0v) is 11.2. The van der Waals surface area contributed by atoms with Crippen molar-refractivity contribution < 1.29 is 0 Å². The molecule has 1 aromatic rings. The first-order valence-electron chi connectivity index (χ1n) is 5.31. The van der Waals surface area contributed by atoms with Crippen LogP contribution in [0.2, 0.25) is 5.02 Å². The summed E-state index contributed by atoms with van der Waals surface area (Å²) < 4.78 is 0. The fourth-order valence-electron chi connectivity index (χ4n) is 1.16. The molecular formula is C12H17ClN2S. The van der Waals surface area contributed by atoms with E-state index in [-0.39, 0.29) is 5.84 Å². The third kappa shape index (κ3) is 3.72. The maximum atomic E-state index is 7.33. The molecule has 16 heavy (non-hydrogen) atoms. The number of halogens is 1. The van der Waals surface area contributed by atoms with Crippen molar-refractivity contribution in [3.8, 4) is 0 Å². The van der Waals surface area contributed by atoms with Gasteiger partial charge in [0.1, 0.15) is 5.84 Å². The SMILES string of the molecule is CCC(C)CSc1ccc(C(=N)N)c(Cl)c1. The van der Waals surface area contributed by atoms with Crippen molar-refractivity contribution in [3.05, 3.63) is 28.8 Å². The molecule has 0 bridgehead atoms. The van der Waals surface area contributed by atoms with Crippen LogP contribution in [0.3, 0.4) is 0 Å². The summed E-state index contributed by atoms with van der Waals surface area (Å²) in [5.41, 5.74) is 6.01. The molecule has 0 fully saturated rings. The smallest absolute Gasteiger partial charge is 0.124 e. The van der Waals surface area contributed by atoms with E-state index < -0.39 is 0 Å². The van der Waals surface area contributed by atoms with E-state index in [2.05, 4.69) is 13.8 Å². The fraction of sp³-hybridized carbons (Fsp3) is 0.417. The molecule has 1 rings (SSSR count). The molecule has 1 aromatic carbocycles. The Labute approximate surface area is 106 Å². The molecule has 2 nitrogen and oxygen atoms in total. The van der Waals surface area contributed by atoms with Crippen LogP contribution in [0.1, 0.15) is 25.8 Å². The molecule has 0 saturated heterocycles. The van der Waals surface area contributed by atoms with Crippen molar-refractivity contribution in [1.29, 1.82) is 5.41 Å². The average molecular weight is 257 g/mol. The first-order valence-corrected chi connectivity index (χ1v) is 6.67. The van der Waals surface area contributed by atoms with Crippen LogP contribution in [0, 0.1) is 11.3 Å². The predicted octanol–water partition coefficient (Wildman–Crippen LogP) is 3.76. The predicted molar refractivity (Wildman–Crippen MR) is 72.6 cm³/mol. The van der Waals surface area contributed by atoms with Crippen molar-refractivity contribution in [2.75, 3.05) is 5.75 Å². The highest BCUT2D eigenvalue weighted by molar-refractivity contribution is 7.99. The average Bonchev–Trinajstić information content (AvgIpc) is 2.25. The first kappa shape index (κ1) is 13.4. The van der Waals surface area contributed by atoms with E-state index >= 15 is 0 Å². The zero-order valence-electron chi connectivity index (χ0n) is 9.59. The van der Waals surface area contributed by atoms with Gasteiger partial charge in [0.25, 0.3) is 0 Å². The van der Waals surface area contributed by atoms with Crippen LogP contribution >= 0.6 is 23.4 Å². The number of nitrogen functional groups attached to an aromatic ring is 1. The Morgan fingerprint density at radius 3 is 2.75 bits per heavy atom. The lowest BCUT2D eigenvalue weighted by molar-refractivity contribution is 0.637. The summed E-state index contributed by atoms with van der Waals surface area (Å²) in [5.74, 6) is 1.81. The number of amidine groups is 1. The van der Waals surface area contributed by atoms with Gasteiger partial charge in [-0.25, -0.2) is 0 Å².